The van der Waals surface area contributed by atoms with E-state index in [1.165, 1.54) is 11.8 Å². The monoisotopic (exact) mass is 479 g/mol. The quantitative estimate of drug-likeness (QED) is 0.326. The molecule has 1 amide bonds. The van der Waals surface area contributed by atoms with E-state index >= 15 is 0 Å². The molecule has 6 nitrogen and oxygen atoms in total. The minimum absolute atomic E-state index is 0.0214. The molecule has 0 fully saturated rings. The van der Waals surface area contributed by atoms with Gasteiger partial charge in [0.2, 0.25) is 0 Å². The summed E-state index contributed by atoms with van der Waals surface area (Å²) in [4.78, 5) is 15.5. The highest BCUT2D eigenvalue weighted by Gasteiger charge is 2.34. The Kier molecular flexibility index (Phi) is 6.20. The fraction of sp³-hybridized carbons (Fsp3) is 0.217. The lowest BCUT2D eigenvalue weighted by Gasteiger charge is -2.20. The Bertz CT molecular complexity index is 1220. The number of thioether (sulfide) groups is 1. The summed E-state index contributed by atoms with van der Waals surface area (Å²) in [6, 6.07) is 18.1. The van der Waals surface area contributed by atoms with E-state index in [9.17, 15) is 4.79 Å². The lowest BCUT2D eigenvalue weighted by molar-refractivity contribution is -0.130. The van der Waals surface area contributed by atoms with Crippen molar-refractivity contribution in [3.8, 4) is 11.4 Å². The van der Waals surface area contributed by atoms with Crippen LogP contribution in [0.3, 0.4) is 0 Å². The van der Waals surface area contributed by atoms with Gasteiger partial charge in [-0.1, -0.05) is 54.2 Å². The Morgan fingerprint density at radius 1 is 1.06 bits per heavy atom. The van der Waals surface area contributed by atoms with Crippen LogP contribution in [0.4, 0.5) is 0 Å². The van der Waals surface area contributed by atoms with Gasteiger partial charge in [-0.2, -0.15) is 5.10 Å². The molecular formula is C23H21N5OS3. The molecule has 162 valence electrons. The second kappa shape index (κ2) is 9.40. The van der Waals surface area contributed by atoms with Crippen molar-refractivity contribution >= 4 is 46.1 Å². The van der Waals surface area contributed by atoms with Gasteiger partial charge in [-0.15, -0.1) is 32.9 Å². The molecule has 5 rings (SSSR count). The Balaban J connectivity index is 1.35. The smallest absolute Gasteiger partial charge is 0.253 e. The molecule has 0 saturated heterocycles. The zero-order valence-electron chi connectivity index (χ0n) is 17.4. The van der Waals surface area contributed by atoms with Crippen LogP contribution in [0.25, 0.3) is 11.4 Å². The molecule has 1 aromatic carbocycles. The normalized spacial score (nSPS) is 15.8. The van der Waals surface area contributed by atoms with Crippen LogP contribution in [0.15, 0.2) is 75.6 Å². The van der Waals surface area contributed by atoms with Gasteiger partial charge in [0.1, 0.15) is 0 Å². The van der Waals surface area contributed by atoms with Crippen LogP contribution < -0.4 is 0 Å². The van der Waals surface area contributed by atoms with Gasteiger partial charge in [0.05, 0.1) is 22.4 Å². The SMILES string of the molecule is CCn1c(SCC(=O)N2N=C(c3cccs3)CC2c2cccs2)nnc1-c1ccccc1. The van der Waals surface area contributed by atoms with E-state index in [4.69, 9.17) is 5.10 Å². The number of carbonyl (C=O) groups is 1. The minimum atomic E-state index is -0.0517. The molecule has 9 heteroatoms. The predicted molar refractivity (Wildman–Crippen MR) is 131 cm³/mol. The summed E-state index contributed by atoms with van der Waals surface area (Å²) in [5, 5.41) is 20.0. The first-order valence-corrected chi connectivity index (χ1v) is 13.1. The third kappa shape index (κ3) is 4.15. The molecule has 0 bridgehead atoms. The summed E-state index contributed by atoms with van der Waals surface area (Å²) >= 11 is 4.74. The Hall–Kier alpha value is -2.75. The van der Waals surface area contributed by atoms with Crippen LogP contribution in [0, 0.1) is 0 Å². The average molecular weight is 480 g/mol. The fourth-order valence-corrected chi connectivity index (χ4v) is 6.10. The van der Waals surface area contributed by atoms with Crippen LogP contribution in [-0.4, -0.2) is 37.1 Å². The molecule has 32 heavy (non-hydrogen) atoms. The van der Waals surface area contributed by atoms with Crippen molar-refractivity contribution in [3.63, 3.8) is 0 Å². The number of rotatable bonds is 7. The molecule has 1 aliphatic rings. The third-order valence-corrected chi connectivity index (χ3v) is 8.08. The largest absolute Gasteiger partial charge is 0.302 e. The molecule has 4 aromatic rings. The summed E-state index contributed by atoms with van der Waals surface area (Å²) in [7, 11) is 0. The maximum Gasteiger partial charge on any atom is 0.253 e. The molecule has 1 atom stereocenters. The first-order chi connectivity index (χ1) is 15.7. The number of aromatic nitrogens is 3. The van der Waals surface area contributed by atoms with Gasteiger partial charge in [-0.25, -0.2) is 5.01 Å². The summed E-state index contributed by atoms with van der Waals surface area (Å²) in [6.07, 6.45) is 0.737. The Morgan fingerprint density at radius 2 is 1.88 bits per heavy atom. The zero-order valence-corrected chi connectivity index (χ0v) is 19.9. The van der Waals surface area contributed by atoms with Crippen LogP contribution in [0.1, 0.15) is 29.1 Å². The van der Waals surface area contributed by atoms with E-state index in [2.05, 4.69) is 29.3 Å². The van der Waals surface area contributed by atoms with E-state index in [1.54, 1.807) is 27.7 Å². The number of benzene rings is 1. The maximum absolute atomic E-state index is 13.3. The number of hydrogen-bond donors (Lipinski definition) is 0. The van der Waals surface area contributed by atoms with Gasteiger partial charge in [0.15, 0.2) is 11.0 Å². The van der Waals surface area contributed by atoms with Gasteiger partial charge in [-0.05, 0) is 29.8 Å². The highest BCUT2D eigenvalue weighted by molar-refractivity contribution is 7.99. The van der Waals surface area contributed by atoms with Gasteiger partial charge < -0.3 is 4.57 Å². The summed E-state index contributed by atoms with van der Waals surface area (Å²) in [5.74, 6) is 1.06. The second-order valence-electron chi connectivity index (χ2n) is 7.20. The van der Waals surface area contributed by atoms with Crippen molar-refractivity contribution in [1.29, 1.82) is 0 Å². The standard InChI is InChI=1S/C23H21N5OS3/c1-2-27-22(16-8-4-3-5-9-16)24-25-23(27)32-15-21(29)28-18(20-11-7-13-31-20)14-17(26-28)19-10-6-12-30-19/h3-13,18H,2,14-15H2,1H3. The van der Waals surface area contributed by atoms with E-state index in [0.717, 1.165) is 45.0 Å². The van der Waals surface area contributed by atoms with Crippen LogP contribution in [0.5, 0.6) is 0 Å². The Labute approximate surface area is 198 Å². The summed E-state index contributed by atoms with van der Waals surface area (Å²) in [5.41, 5.74) is 1.99. The fourth-order valence-electron chi connectivity index (χ4n) is 3.71. The van der Waals surface area contributed by atoms with Crippen molar-refractivity contribution < 1.29 is 4.79 Å². The molecule has 0 N–H and O–H groups in total. The minimum Gasteiger partial charge on any atom is -0.302 e. The molecule has 0 spiro atoms. The van der Waals surface area contributed by atoms with Crippen molar-refractivity contribution in [2.24, 2.45) is 5.10 Å². The van der Waals surface area contributed by atoms with Crippen molar-refractivity contribution in [2.75, 3.05) is 5.75 Å². The van der Waals surface area contributed by atoms with E-state index < -0.39 is 0 Å². The molecule has 3 aromatic heterocycles. The lowest BCUT2D eigenvalue weighted by atomic mass is 10.1. The molecule has 1 unspecified atom stereocenters. The van der Waals surface area contributed by atoms with Crippen LogP contribution in [-0.2, 0) is 11.3 Å². The number of hydrazone groups is 1. The highest BCUT2D eigenvalue weighted by atomic mass is 32.2. The first kappa shape index (κ1) is 21.1. The molecular weight excluding hydrogens is 458 g/mol. The number of amides is 1. The second-order valence-corrected chi connectivity index (χ2v) is 10.1. The first-order valence-electron chi connectivity index (χ1n) is 10.3. The van der Waals surface area contributed by atoms with Crippen LogP contribution >= 0.6 is 34.4 Å². The predicted octanol–water partition coefficient (Wildman–Crippen LogP) is 5.56. The Morgan fingerprint density at radius 3 is 2.59 bits per heavy atom. The van der Waals surface area contributed by atoms with E-state index in [-0.39, 0.29) is 17.7 Å². The van der Waals surface area contributed by atoms with Crippen molar-refractivity contribution in [3.05, 3.63) is 75.1 Å². The highest BCUT2D eigenvalue weighted by Crippen LogP contribution is 2.36. The van der Waals surface area contributed by atoms with Crippen molar-refractivity contribution in [2.45, 2.75) is 31.1 Å². The number of hydrogen-bond acceptors (Lipinski definition) is 7. The van der Waals surface area contributed by atoms with E-state index in [0.29, 0.717) is 0 Å². The molecule has 4 heterocycles. The maximum atomic E-state index is 13.3. The number of thiophene rings is 2. The molecule has 0 aliphatic carbocycles. The van der Waals surface area contributed by atoms with Gasteiger partial charge >= 0.3 is 0 Å². The van der Waals surface area contributed by atoms with Crippen molar-refractivity contribution in [1.82, 2.24) is 19.8 Å². The zero-order chi connectivity index (χ0) is 21.9. The summed E-state index contributed by atoms with van der Waals surface area (Å²) in [6.45, 7) is 2.79. The number of carbonyl (C=O) groups excluding carboxylic acids is 1. The van der Waals surface area contributed by atoms with Gasteiger partial charge in [0, 0.05) is 23.4 Å². The third-order valence-electron chi connectivity index (χ3n) is 5.23. The lowest BCUT2D eigenvalue weighted by Crippen LogP contribution is -2.28. The molecule has 0 radical (unpaired) electrons. The number of nitrogens with zero attached hydrogens (tertiary/aromatic N) is 5. The van der Waals surface area contributed by atoms with Gasteiger partial charge in [0.25, 0.3) is 5.91 Å². The van der Waals surface area contributed by atoms with Crippen LogP contribution in [0.2, 0.25) is 0 Å². The molecule has 0 saturated carbocycles. The van der Waals surface area contributed by atoms with E-state index in [1.807, 2.05) is 57.8 Å². The van der Waals surface area contributed by atoms with Gasteiger partial charge in [-0.3, -0.25) is 4.79 Å². The topological polar surface area (TPSA) is 63.4 Å². The molecule has 1 aliphatic heterocycles. The summed E-state index contributed by atoms with van der Waals surface area (Å²) < 4.78 is 2.05. The average Bonchev–Trinajstić information content (AvgIpc) is 3.63.